The van der Waals surface area contributed by atoms with Gasteiger partial charge in [0.1, 0.15) is 0 Å². The quantitative estimate of drug-likeness (QED) is 0.627. The molecule has 6 heteroatoms. The Hall–Kier alpha value is -1.53. The van der Waals surface area contributed by atoms with E-state index in [0.717, 1.165) is 34.9 Å². The maximum atomic E-state index is 10.9. The van der Waals surface area contributed by atoms with Gasteiger partial charge in [-0.25, -0.2) is 9.78 Å². The SMILES string of the molecule is CN(C)CCCSc1nc2ccc(C(=O)O)cc2[nH]1. The van der Waals surface area contributed by atoms with Gasteiger partial charge in [-0.2, -0.15) is 0 Å². The molecule has 0 amide bonds. The topological polar surface area (TPSA) is 69.2 Å². The predicted octanol–water partition coefficient (Wildman–Crippen LogP) is 2.30. The highest BCUT2D eigenvalue weighted by Gasteiger charge is 2.07. The van der Waals surface area contributed by atoms with Crippen LogP contribution in [0.5, 0.6) is 0 Å². The third kappa shape index (κ3) is 3.71. The molecule has 1 heterocycles. The Morgan fingerprint density at radius 2 is 2.26 bits per heavy atom. The minimum absolute atomic E-state index is 0.278. The molecule has 0 unspecified atom stereocenters. The van der Waals surface area contributed by atoms with Crippen molar-refractivity contribution in [3.63, 3.8) is 0 Å². The Kier molecular flexibility index (Phi) is 4.44. The maximum absolute atomic E-state index is 10.9. The minimum atomic E-state index is -0.920. The molecule has 0 aliphatic heterocycles. The highest BCUT2D eigenvalue weighted by atomic mass is 32.2. The monoisotopic (exact) mass is 279 g/mol. The van der Waals surface area contributed by atoms with E-state index in [1.54, 1.807) is 30.0 Å². The van der Waals surface area contributed by atoms with E-state index in [1.807, 2.05) is 0 Å². The molecule has 1 aromatic carbocycles. The molecule has 19 heavy (non-hydrogen) atoms. The number of aromatic carboxylic acids is 1. The number of nitrogens with one attached hydrogen (secondary N) is 1. The van der Waals surface area contributed by atoms with E-state index in [4.69, 9.17) is 5.11 Å². The van der Waals surface area contributed by atoms with Gasteiger partial charge in [-0.05, 0) is 45.3 Å². The number of hydrogen-bond donors (Lipinski definition) is 2. The normalized spacial score (nSPS) is 11.3. The molecule has 0 saturated heterocycles. The Morgan fingerprint density at radius 3 is 2.95 bits per heavy atom. The van der Waals surface area contributed by atoms with Crippen molar-refractivity contribution < 1.29 is 9.90 Å². The number of carboxylic acids is 1. The second-order valence-electron chi connectivity index (χ2n) is 4.58. The summed E-state index contributed by atoms with van der Waals surface area (Å²) in [6.45, 7) is 1.05. The van der Waals surface area contributed by atoms with Gasteiger partial charge in [-0.15, -0.1) is 0 Å². The van der Waals surface area contributed by atoms with Crippen LogP contribution in [0.1, 0.15) is 16.8 Å². The van der Waals surface area contributed by atoms with E-state index in [0.29, 0.717) is 0 Å². The molecule has 0 radical (unpaired) electrons. The van der Waals surface area contributed by atoms with Gasteiger partial charge < -0.3 is 15.0 Å². The summed E-state index contributed by atoms with van der Waals surface area (Å²) in [7, 11) is 4.11. The Morgan fingerprint density at radius 1 is 1.47 bits per heavy atom. The fourth-order valence-corrected chi connectivity index (χ4v) is 2.55. The lowest BCUT2D eigenvalue weighted by Crippen LogP contribution is -2.13. The van der Waals surface area contributed by atoms with E-state index < -0.39 is 5.97 Å². The molecule has 2 rings (SSSR count). The predicted molar refractivity (Wildman–Crippen MR) is 76.9 cm³/mol. The smallest absolute Gasteiger partial charge is 0.335 e. The van der Waals surface area contributed by atoms with Crippen molar-refractivity contribution in [2.75, 3.05) is 26.4 Å². The zero-order valence-electron chi connectivity index (χ0n) is 11.0. The molecule has 0 atom stereocenters. The van der Waals surface area contributed by atoms with Crippen molar-refractivity contribution in [1.82, 2.24) is 14.9 Å². The number of aromatic nitrogens is 2. The molecule has 0 saturated carbocycles. The molecule has 102 valence electrons. The molecular weight excluding hydrogens is 262 g/mol. The van der Waals surface area contributed by atoms with Gasteiger partial charge in [0.2, 0.25) is 0 Å². The van der Waals surface area contributed by atoms with Crippen LogP contribution in [0.3, 0.4) is 0 Å². The molecule has 0 fully saturated rings. The van der Waals surface area contributed by atoms with Crippen molar-refractivity contribution in [2.45, 2.75) is 11.6 Å². The molecule has 0 spiro atoms. The fourth-order valence-electron chi connectivity index (χ4n) is 1.74. The maximum Gasteiger partial charge on any atom is 0.335 e. The van der Waals surface area contributed by atoms with E-state index in [-0.39, 0.29) is 5.56 Å². The number of rotatable bonds is 6. The van der Waals surface area contributed by atoms with Crippen LogP contribution < -0.4 is 0 Å². The van der Waals surface area contributed by atoms with E-state index >= 15 is 0 Å². The number of imidazole rings is 1. The van der Waals surface area contributed by atoms with Gasteiger partial charge in [0, 0.05) is 5.75 Å². The van der Waals surface area contributed by atoms with Gasteiger partial charge in [0.05, 0.1) is 16.6 Å². The zero-order chi connectivity index (χ0) is 13.8. The van der Waals surface area contributed by atoms with Crippen LogP contribution in [-0.4, -0.2) is 52.3 Å². The third-order valence-corrected chi connectivity index (χ3v) is 3.66. The summed E-state index contributed by atoms with van der Waals surface area (Å²) in [5.41, 5.74) is 1.86. The van der Waals surface area contributed by atoms with Crippen LogP contribution >= 0.6 is 11.8 Å². The summed E-state index contributed by atoms with van der Waals surface area (Å²) in [6.07, 6.45) is 1.09. The number of hydrogen-bond acceptors (Lipinski definition) is 4. The number of nitrogens with zero attached hydrogens (tertiary/aromatic N) is 2. The summed E-state index contributed by atoms with van der Waals surface area (Å²) in [5.74, 6) is 0.0701. The summed E-state index contributed by atoms with van der Waals surface area (Å²) in [6, 6.07) is 4.93. The average Bonchev–Trinajstić information content (AvgIpc) is 2.75. The first kappa shape index (κ1) is 13.9. The molecule has 0 aliphatic carbocycles. The van der Waals surface area contributed by atoms with Crippen molar-refractivity contribution in [2.24, 2.45) is 0 Å². The van der Waals surface area contributed by atoms with Gasteiger partial charge in [0.25, 0.3) is 0 Å². The number of carbonyl (C=O) groups is 1. The largest absolute Gasteiger partial charge is 0.478 e. The van der Waals surface area contributed by atoms with Crippen LogP contribution in [0, 0.1) is 0 Å². The lowest BCUT2D eigenvalue weighted by atomic mass is 10.2. The highest BCUT2D eigenvalue weighted by molar-refractivity contribution is 7.99. The number of H-pyrrole nitrogens is 1. The highest BCUT2D eigenvalue weighted by Crippen LogP contribution is 2.21. The Labute approximate surface area is 116 Å². The molecule has 2 N–H and O–H groups in total. The molecule has 0 aliphatic rings. The molecule has 5 nitrogen and oxygen atoms in total. The summed E-state index contributed by atoms with van der Waals surface area (Å²) in [4.78, 5) is 20.6. The number of fused-ring (bicyclic) bond motifs is 1. The Bertz CT molecular complexity index is 580. The summed E-state index contributed by atoms with van der Waals surface area (Å²) < 4.78 is 0. The average molecular weight is 279 g/mol. The summed E-state index contributed by atoms with van der Waals surface area (Å²) >= 11 is 1.66. The van der Waals surface area contributed by atoms with Gasteiger partial charge in [0.15, 0.2) is 5.16 Å². The van der Waals surface area contributed by atoms with Crippen LogP contribution in [0.25, 0.3) is 11.0 Å². The second kappa shape index (κ2) is 6.08. The molecule has 2 aromatic rings. The van der Waals surface area contributed by atoms with Gasteiger partial charge in [-0.3, -0.25) is 0 Å². The summed E-state index contributed by atoms with van der Waals surface area (Å²) in [5, 5.41) is 9.78. The van der Waals surface area contributed by atoms with Gasteiger partial charge in [-0.1, -0.05) is 11.8 Å². The van der Waals surface area contributed by atoms with E-state index in [2.05, 4.69) is 29.0 Å². The lowest BCUT2D eigenvalue weighted by molar-refractivity contribution is 0.0697. The number of carboxylic acid groups (broad SMARTS) is 1. The van der Waals surface area contributed by atoms with Crippen molar-refractivity contribution in [3.8, 4) is 0 Å². The van der Waals surface area contributed by atoms with Crippen LogP contribution in [-0.2, 0) is 0 Å². The minimum Gasteiger partial charge on any atom is -0.478 e. The van der Waals surface area contributed by atoms with E-state index in [1.165, 1.54) is 0 Å². The Balaban J connectivity index is 2.03. The molecule has 1 aromatic heterocycles. The first-order chi connectivity index (χ1) is 9.06. The fraction of sp³-hybridized carbons (Fsp3) is 0.385. The zero-order valence-corrected chi connectivity index (χ0v) is 11.8. The first-order valence-corrected chi connectivity index (χ1v) is 7.05. The lowest BCUT2D eigenvalue weighted by Gasteiger charge is -2.07. The standard InChI is InChI=1S/C13H17N3O2S/c1-16(2)6-3-7-19-13-14-10-5-4-9(12(17)18)8-11(10)15-13/h4-5,8H,3,6-7H2,1-2H3,(H,14,15)(H,17,18). The third-order valence-electron chi connectivity index (χ3n) is 2.70. The van der Waals surface area contributed by atoms with Crippen LogP contribution in [0.4, 0.5) is 0 Å². The second-order valence-corrected chi connectivity index (χ2v) is 5.67. The van der Waals surface area contributed by atoms with Crippen LogP contribution in [0.2, 0.25) is 0 Å². The number of thioether (sulfide) groups is 1. The van der Waals surface area contributed by atoms with Crippen molar-refractivity contribution >= 4 is 28.8 Å². The first-order valence-electron chi connectivity index (χ1n) is 6.07. The van der Waals surface area contributed by atoms with Gasteiger partial charge >= 0.3 is 5.97 Å². The molecule has 0 bridgehead atoms. The van der Waals surface area contributed by atoms with E-state index in [9.17, 15) is 4.79 Å². The van der Waals surface area contributed by atoms with Crippen LogP contribution in [0.15, 0.2) is 23.4 Å². The number of aromatic amines is 1. The van der Waals surface area contributed by atoms with Crippen molar-refractivity contribution in [3.05, 3.63) is 23.8 Å². The van der Waals surface area contributed by atoms with Crippen molar-refractivity contribution in [1.29, 1.82) is 0 Å². The number of benzene rings is 1. The molecular formula is C13H17N3O2S.